The minimum Gasteiger partial charge on any atom is -0.358 e. The molecular weight excluding hydrogens is 284 g/mol. The van der Waals surface area contributed by atoms with Gasteiger partial charge in [-0.15, -0.1) is 0 Å². The van der Waals surface area contributed by atoms with Crippen molar-refractivity contribution in [3.05, 3.63) is 23.2 Å². The SMILES string of the molecule is CSC1CCCC1Nc1nc2cccc(Cl)c2s1. The van der Waals surface area contributed by atoms with Crippen molar-refractivity contribution >= 4 is 50.0 Å². The van der Waals surface area contributed by atoms with Crippen molar-refractivity contribution in [2.24, 2.45) is 0 Å². The lowest BCUT2D eigenvalue weighted by molar-refractivity contribution is 0.768. The number of nitrogens with zero attached hydrogens (tertiary/aromatic N) is 1. The Morgan fingerprint density at radius 2 is 2.33 bits per heavy atom. The minimum absolute atomic E-state index is 0.555. The molecule has 0 aliphatic heterocycles. The van der Waals surface area contributed by atoms with E-state index in [0.29, 0.717) is 11.3 Å². The van der Waals surface area contributed by atoms with E-state index in [2.05, 4.69) is 16.6 Å². The zero-order chi connectivity index (χ0) is 12.5. The van der Waals surface area contributed by atoms with Gasteiger partial charge in [-0.3, -0.25) is 0 Å². The van der Waals surface area contributed by atoms with Crippen molar-refractivity contribution in [2.45, 2.75) is 30.6 Å². The number of hydrogen-bond donors (Lipinski definition) is 1. The number of fused-ring (bicyclic) bond motifs is 1. The third-order valence-electron chi connectivity index (χ3n) is 3.43. The van der Waals surface area contributed by atoms with Gasteiger partial charge in [0.1, 0.15) is 0 Å². The van der Waals surface area contributed by atoms with Gasteiger partial charge in [-0.1, -0.05) is 35.4 Å². The van der Waals surface area contributed by atoms with E-state index in [4.69, 9.17) is 11.6 Å². The van der Waals surface area contributed by atoms with Gasteiger partial charge < -0.3 is 5.32 Å². The summed E-state index contributed by atoms with van der Waals surface area (Å²) < 4.78 is 1.08. The average Bonchev–Trinajstić information content (AvgIpc) is 2.96. The summed E-state index contributed by atoms with van der Waals surface area (Å²) >= 11 is 9.80. The van der Waals surface area contributed by atoms with Gasteiger partial charge in [-0.25, -0.2) is 4.98 Å². The zero-order valence-electron chi connectivity index (χ0n) is 10.1. The normalized spacial score (nSPS) is 23.7. The summed E-state index contributed by atoms with van der Waals surface area (Å²) in [6.07, 6.45) is 6.06. The van der Waals surface area contributed by atoms with Gasteiger partial charge in [0.05, 0.1) is 15.2 Å². The summed E-state index contributed by atoms with van der Waals surface area (Å²) in [6.45, 7) is 0. The number of thiazole rings is 1. The fourth-order valence-electron chi connectivity index (χ4n) is 2.51. The second-order valence-corrected chi connectivity index (χ2v) is 7.05. The smallest absolute Gasteiger partial charge is 0.184 e. The molecule has 1 aliphatic carbocycles. The van der Waals surface area contributed by atoms with Crippen molar-refractivity contribution in [1.82, 2.24) is 4.98 Å². The Morgan fingerprint density at radius 1 is 1.44 bits per heavy atom. The first-order valence-corrected chi connectivity index (χ1v) is 8.60. The van der Waals surface area contributed by atoms with Crippen molar-refractivity contribution in [2.75, 3.05) is 11.6 Å². The predicted molar refractivity (Wildman–Crippen MR) is 83.2 cm³/mol. The number of aromatic nitrogens is 1. The molecule has 96 valence electrons. The molecule has 0 amide bonds. The van der Waals surface area contributed by atoms with Crippen LogP contribution in [-0.4, -0.2) is 22.5 Å². The van der Waals surface area contributed by atoms with Crippen LogP contribution >= 0.6 is 34.7 Å². The highest BCUT2D eigenvalue weighted by atomic mass is 35.5. The predicted octanol–water partition coefficient (Wildman–Crippen LogP) is 4.65. The number of thioether (sulfide) groups is 1. The molecule has 0 bridgehead atoms. The molecule has 1 saturated carbocycles. The molecule has 1 aromatic carbocycles. The van der Waals surface area contributed by atoms with Crippen LogP contribution in [0.4, 0.5) is 5.13 Å². The molecule has 0 radical (unpaired) electrons. The van der Waals surface area contributed by atoms with E-state index in [1.54, 1.807) is 11.3 Å². The summed E-state index contributed by atoms with van der Waals surface area (Å²) in [6, 6.07) is 6.45. The Balaban J connectivity index is 1.84. The molecule has 1 aliphatic rings. The van der Waals surface area contributed by atoms with Gasteiger partial charge in [0.15, 0.2) is 5.13 Å². The third-order valence-corrected chi connectivity index (χ3v) is 6.06. The number of halogens is 1. The molecule has 5 heteroatoms. The Hall–Kier alpha value is -0.450. The van der Waals surface area contributed by atoms with Gasteiger partial charge in [-0.2, -0.15) is 11.8 Å². The highest BCUT2D eigenvalue weighted by molar-refractivity contribution is 7.99. The summed E-state index contributed by atoms with van der Waals surface area (Å²) in [5.41, 5.74) is 0.994. The number of benzene rings is 1. The van der Waals surface area contributed by atoms with Crippen molar-refractivity contribution in [3.8, 4) is 0 Å². The Labute approximate surface area is 120 Å². The van der Waals surface area contributed by atoms with Crippen LogP contribution in [0, 0.1) is 0 Å². The maximum atomic E-state index is 6.18. The number of anilines is 1. The van der Waals surface area contributed by atoms with E-state index in [9.17, 15) is 0 Å². The van der Waals surface area contributed by atoms with Crippen molar-refractivity contribution in [1.29, 1.82) is 0 Å². The first-order valence-electron chi connectivity index (χ1n) is 6.12. The largest absolute Gasteiger partial charge is 0.358 e. The fraction of sp³-hybridized carbons (Fsp3) is 0.462. The van der Waals surface area contributed by atoms with Crippen molar-refractivity contribution < 1.29 is 0 Å². The van der Waals surface area contributed by atoms with Crippen LogP contribution in [0.2, 0.25) is 5.02 Å². The van der Waals surface area contributed by atoms with E-state index in [0.717, 1.165) is 20.4 Å². The molecule has 2 nitrogen and oxygen atoms in total. The topological polar surface area (TPSA) is 24.9 Å². The number of rotatable bonds is 3. The van der Waals surface area contributed by atoms with Crippen molar-refractivity contribution in [3.63, 3.8) is 0 Å². The summed E-state index contributed by atoms with van der Waals surface area (Å²) in [5, 5.41) is 6.10. The maximum Gasteiger partial charge on any atom is 0.184 e. The van der Waals surface area contributed by atoms with Crippen LogP contribution < -0.4 is 5.32 Å². The number of nitrogens with one attached hydrogen (secondary N) is 1. The molecule has 2 unspecified atom stereocenters. The van der Waals surface area contributed by atoms with Gasteiger partial charge in [0.2, 0.25) is 0 Å². The Bertz CT molecular complexity index is 555. The van der Waals surface area contributed by atoms with E-state index < -0.39 is 0 Å². The molecule has 18 heavy (non-hydrogen) atoms. The quantitative estimate of drug-likeness (QED) is 0.893. The second kappa shape index (κ2) is 5.27. The highest BCUT2D eigenvalue weighted by Crippen LogP contribution is 2.35. The zero-order valence-corrected chi connectivity index (χ0v) is 12.5. The van der Waals surface area contributed by atoms with E-state index in [1.807, 2.05) is 30.0 Å². The molecule has 0 saturated heterocycles. The second-order valence-electron chi connectivity index (χ2n) is 4.56. The van der Waals surface area contributed by atoms with Crippen LogP contribution in [0.1, 0.15) is 19.3 Å². The average molecular weight is 299 g/mol. The van der Waals surface area contributed by atoms with Crippen LogP contribution in [-0.2, 0) is 0 Å². The molecule has 1 aromatic heterocycles. The molecule has 1 N–H and O–H groups in total. The monoisotopic (exact) mass is 298 g/mol. The van der Waals surface area contributed by atoms with Gasteiger partial charge >= 0.3 is 0 Å². The Morgan fingerprint density at radius 3 is 3.11 bits per heavy atom. The summed E-state index contributed by atoms with van der Waals surface area (Å²) in [7, 11) is 0. The lowest BCUT2D eigenvalue weighted by Gasteiger charge is -2.18. The molecule has 1 fully saturated rings. The highest BCUT2D eigenvalue weighted by Gasteiger charge is 2.27. The van der Waals surface area contributed by atoms with E-state index in [1.165, 1.54) is 19.3 Å². The molecule has 0 spiro atoms. The maximum absolute atomic E-state index is 6.18. The molecule has 2 aromatic rings. The first kappa shape index (κ1) is 12.6. The Kier molecular flexibility index (Phi) is 3.68. The third kappa shape index (κ3) is 2.33. The lowest BCUT2D eigenvalue weighted by Crippen LogP contribution is -2.25. The van der Waals surface area contributed by atoms with Gasteiger partial charge in [0, 0.05) is 11.3 Å². The van der Waals surface area contributed by atoms with E-state index in [-0.39, 0.29) is 0 Å². The first-order chi connectivity index (χ1) is 8.78. The summed E-state index contributed by atoms with van der Waals surface area (Å²) in [4.78, 5) is 4.62. The molecule has 2 atom stereocenters. The van der Waals surface area contributed by atoms with E-state index >= 15 is 0 Å². The molecule has 1 heterocycles. The van der Waals surface area contributed by atoms with Gasteiger partial charge in [0.25, 0.3) is 0 Å². The minimum atomic E-state index is 0.555. The van der Waals surface area contributed by atoms with Crippen LogP contribution in [0.3, 0.4) is 0 Å². The van der Waals surface area contributed by atoms with Gasteiger partial charge in [-0.05, 0) is 31.2 Å². The lowest BCUT2D eigenvalue weighted by atomic mass is 10.2. The fourth-order valence-corrected chi connectivity index (χ4v) is 4.66. The number of hydrogen-bond acceptors (Lipinski definition) is 4. The van der Waals surface area contributed by atoms with Crippen LogP contribution in [0.25, 0.3) is 10.2 Å². The summed E-state index contributed by atoms with van der Waals surface area (Å²) in [5.74, 6) is 0. The molecular formula is C13H15ClN2S2. The van der Waals surface area contributed by atoms with Crippen LogP contribution in [0.5, 0.6) is 0 Å². The standard InChI is InChI=1S/C13H15ClN2S2/c1-17-11-7-3-5-9(11)15-13-16-10-6-2-4-8(14)12(10)18-13/h2,4,6,9,11H,3,5,7H2,1H3,(H,15,16). The van der Waals surface area contributed by atoms with Crippen LogP contribution in [0.15, 0.2) is 18.2 Å². The molecule has 3 rings (SSSR count).